The molecule has 0 bridgehead atoms. The summed E-state index contributed by atoms with van der Waals surface area (Å²) in [5, 5.41) is 5.60. The smallest absolute Gasteiger partial charge is 0.226 e. The minimum absolute atomic E-state index is 0.0743. The van der Waals surface area contributed by atoms with Crippen LogP contribution in [-0.2, 0) is 4.79 Å². The van der Waals surface area contributed by atoms with E-state index in [0.717, 1.165) is 24.1 Å². The molecule has 4 heteroatoms. The van der Waals surface area contributed by atoms with Crippen LogP contribution >= 0.6 is 11.3 Å². The quantitative estimate of drug-likeness (QED) is 0.590. The molecule has 3 nitrogen and oxygen atoms in total. The Labute approximate surface area is 143 Å². The topological polar surface area (TPSA) is 42.0 Å². The number of anilines is 1. The summed E-state index contributed by atoms with van der Waals surface area (Å²) in [7, 11) is 0. The molecule has 0 aliphatic carbocycles. The Bertz CT molecular complexity index is 604. The van der Waals surface area contributed by atoms with E-state index in [4.69, 9.17) is 0 Å². The molecular formula is C19H26N2OS. The molecule has 2 aromatic rings. The highest BCUT2D eigenvalue weighted by Crippen LogP contribution is 2.25. The first-order valence-electron chi connectivity index (χ1n) is 8.51. The van der Waals surface area contributed by atoms with Crippen molar-refractivity contribution in [2.45, 2.75) is 58.8 Å². The molecule has 0 unspecified atom stereocenters. The summed E-state index contributed by atoms with van der Waals surface area (Å²) >= 11 is 1.48. The average Bonchev–Trinajstić information content (AvgIpc) is 3.00. The maximum Gasteiger partial charge on any atom is 0.226 e. The molecule has 1 heterocycles. The van der Waals surface area contributed by atoms with Crippen LogP contribution in [0.25, 0.3) is 11.3 Å². The largest absolute Gasteiger partial charge is 0.302 e. The van der Waals surface area contributed by atoms with Gasteiger partial charge < -0.3 is 5.32 Å². The fourth-order valence-corrected chi connectivity index (χ4v) is 3.17. The third-order valence-corrected chi connectivity index (χ3v) is 4.61. The van der Waals surface area contributed by atoms with E-state index in [9.17, 15) is 4.79 Å². The summed E-state index contributed by atoms with van der Waals surface area (Å²) < 4.78 is 0. The maximum atomic E-state index is 11.9. The molecule has 0 saturated heterocycles. The van der Waals surface area contributed by atoms with Gasteiger partial charge in [0, 0.05) is 17.4 Å². The molecule has 124 valence electrons. The van der Waals surface area contributed by atoms with Crippen molar-refractivity contribution in [3.05, 3.63) is 35.2 Å². The van der Waals surface area contributed by atoms with Crippen LogP contribution in [0.3, 0.4) is 0 Å². The van der Waals surface area contributed by atoms with Crippen molar-refractivity contribution in [3.63, 3.8) is 0 Å². The van der Waals surface area contributed by atoms with Gasteiger partial charge in [-0.05, 0) is 13.3 Å². The van der Waals surface area contributed by atoms with E-state index in [-0.39, 0.29) is 5.91 Å². The van der Waals surface area contributed by atoms with Crippen molar-refractivity contribution in [2.75, 3.05) is 5.32 Å². The van der Waals surface area contributed by atoms with E-state index in [1.54, 1.807) is 0 Å². The Morgan fingerprint density at radius 1 is 1.09 bits per heavy atom. The van der Waals surface area contributed by atoms with Crippen LogP contribution in [0.15, 0.2) is 29.6 Å². The van der Waals surface area contributed by atoms with Gasteiger partial charge in [-0.3, -0.25) is 4.79 Å². The molecule has 1 aromatic carbocycles. The third-order valence-electron chi connectivity index (χ3n) is 3.86. The first kappa shape index (κ1) is 17.7. The summed E-state index contributed by atoms with van der Waals surface area (Å²) in [5.74, 6) is 0.0743. The van der Waals surface area contributed by atoms with Crippen LogP contribution in [0.2, 0.25) is 0 Å². The Kier molecular flexibility index (Phi) is 7.27. The predicted molar refractivity (Wildman–Crippen MR) is 98.9 cm³/mol. The lowest BCUT2D eigenvalue weighted by Gasteiger charge is -2.02. The van der Waals surface area contributed by atoms with E-state index in [2.05, 4.69) is 48.4 Å². The number of thiazole rings is 1. The van der Waals surface area contributed by atoms with Gasteiger partial charge in [0.15, 0.2) is 5.13 Å². The fourth-order valence-electron chi connectivity index (χ4n) is 2.44. The van der Waals surface area contributed by atoms with Gasteiger partial charge in [-0.1, -0.05) is 68.9 Å². The number of carbonyl (C=O) groups is 1. The Balaban J connectivity index is 1.75. The first-order valence-corrected chi connectivity index (χ1v) is 9.39. The van der Waals surface area contributed by atoms with Crippen LogP contribution in [0.4, 0.5) is 5.13 Å². The molecule has 0 aliphatic rings. The second kappa shape index (κ2) is 9.46. The van der Waals surface area contributed by atoms with Crippen LogP contribution in [0.5, 0.6) is 0 Å². The zero-order valence-corrected chi connectivity index (χ0v) is 14.9. The normalized spacial score (nSPS) is 10.7. The standard InChI is InChI=1S/C19H26N2OS/c1-3-4-5-6-7-8-9-18(22)21-19-20-17(14-23-19)16-12-10-15(2)11-13-16/h10-14H,3-9H2,1-2H3,(H,20,21,22). The molecule has 0 aliphatic heterocycles. The molecule has 23 heavy (non-hydrogen) atoms. The Morgan fingerprint density at radius 2 is 1.78 bits per heavy atom. The zero-order valence-electron chi connectivity index (χ0n) is 14.1. The lowest BCUT2D eigenvalue weighted by molar-refractivity contribution is -0.116. The van der Waals surface area contributed by atoms with Crippen molar-refractivity contribution >= 4 is 22.4 Å². The van der Waals surface area contributed by atoms with Gasteiger partial charge in [0.2, 0.25) is 5.91 Å². The molecule has 0 atom stereocenters. The van der Waals surface area contributed by atoms with Gasteiger partial charge in [0.25, 0.3) is 0 Å². The van der Waals surface area contributed by atoms with Crippen molar-refractivity contribution < 1.29 is 4.79 Å². The van der Waals surface area contributed by atoms with E-state index in [1.807, 2.05) is 5.38 Å². The molecule has 1 aromatic heterocycles. The van der Waals surface area contributed by atoms with Gasteiger partial charge in [-0.25, -0.2) is 4.98 Å². The highest BCUT2D eigenvalue weighted by molar-refractivity contribution is 7.14. The number of hydrogen-bond acceptors (Lipinski definition) is 3. The molecule has 0 fully saturated rings. The number of carbonyl (C=O) groups excluding carboxylic acids is 1. The van der Waals surface area contributed by atoms with Crippen LogP contribution in [0, 0.1) is 6.92 Å². The number of benzene rings is 1. The molecule has 1 amide bonds. The number of rotatable bonds is 9. The number of nitrogens with zero attached hydrogens (tertiary/aromatic N) is 1. The van der Waals surface area contributed by atoms with Gasteiger partial charge in [0.1, 0.15) is 0 Å². The average molecular weight is 330 g/mol. The van der Waals surface area contributed by atoms with E-state index in [0.29, 0.717) is 11.6 Å². The fraction of sp³-hybridized carbons (Fsp3) is 0.474. The number of amides is 1. The van der Waals surface area contributed by atoms with E-state index >= 15 is 0 Å². The number of unbranched alkanes of at least 4 members (excludes halogenated alkanes) is 5. The molecule has 0 radical (unpaired) electrons. The van der Waals surface area contributed by atoms with Crippen molar-refractivity contribution in [1.82, 2.24) is 4.98 Å². The van der Waals surface area contributed by atoms with Crippen molar-refractivity contribution in [3.8, 4) is 11.3 Å². The minimum Gasteiger partial charge on any atom is -0.302 e. The summed E-state index contributed by atoms with van der Waals surface area (Å²) in [6.07, 6.45) is 7.76. The van der Waals surface area contributed by atoms with Gasteiger partial charge in [-0.15, -0.1) is 11.3 Å². The Morgan fingerprint density at radius 3 is 2.52 bits per heavy atom. The minimum atomic E-state index is 0.0743. The molecular weight excluding hydrogens is 304 g/mol. The number of aryl methyl sites for hydroxylation is 1. The molecule has 2 rings (SSSR count). The van der Waals surface area contributed by atoms with Crippen LogP contribution in [-0.4, -0.2) is 10.9 Å². The van der Waals surface area contributed by atoms with E-state index < -0.39 is 0 Å². The second-order valence-corrected chi connectivity index (χ2v) is 6.83. The van der Waals surface area contributed by atoms with E-state index in [1.165, 1.54) is 42.6 Å². The third kappa shape index (κ3) is 6.14. The SMILES string of the molecule is CCCCCCCCC(=O)Nc1nc(-c2ccc(C)cc2)cs1. The van der Waals surface area contributed by atoms with Crippen molar-refractivity contribution in [1.29, 1.82) is 0 Å². The predicted octanol–water partition coefficient (Wildman–Crippen LogP) is 5.81. The summed E-state index contributed by atoms with van der Waals surface area (Å²) in [4.78, 5) is 16.5. The first-order chi connectivity index (χ1) is 11.2. The zero-order chi connectivity index (χ0) is 16.5. The Hall–Kier alpha value is -1.68. The summed E-state index contributed by atoms with van der Waals surface area (Å²) in [6.45, 7) is 4.28. The highest BCUT2D eigenvalue weighted by Gasteiger charge is 2.08. The lowest BCUT2D eigenvalue weighted by atomic mass is 10.1. The summed E-state index contributed by atoms with van der Waals surface area (Å²) in [6, 6.07) is 8.27. The number of aromatic nitrogens is 1. The summed E-state index contributed by atoms with van der Waals surface area (Å²) in [5.41, 5.74) is 3.24. The van der Waals surface area contributed by atoms with Gasteiger partial charge >= 0.3 is 0 Å². The van der Waals surface area contributed by atoms with Crippen LogP contribution in [0.1, 0.15) is 57.4 Å². The second-order valence-electron chi connectivity index (χ2n) is 5.97. The monoisotopic (exact) mass is 330 g/mol. The number of nitrogens with one attached hydrogen (secondary N) is 1. The van der Waals surface area contributed by atoms with Crippen molar-refractivity contribution in [2.24, 2.45) is 0 Å². The molecule has 0 saturated carbocycles. The number of hydrogen-bond donors (Lipinski definition) is 1. The van der Waals surface area contributed by atoms with Crippen LogP contribution < -0.4 is 5.32 Å². The van der Waals surface area contributed by atoms with Gasteiger partial charge in [-0.2, -0.15) is 0 Å². The van der Waals surface area contributed by atoms with Gasteiger partial charge in [0.05, 0.1) is 5.69 Å². The maximum absolute atomic E-state index is 11.9. The highest BCUT2D eigenvalue weighted by atomic mass is 32.1. The molecule has 0 spiro atoms. The molecule has 1 N–H and O–H groups in total. The lowest BCUT2D eigenvalue weighted by Crippen LogP contribution is -2.10.